The summed E-state index contributed by atoms with van der Waals surface area (Å²) in [6.45, 7) is 0. The molecule has 0 aliphatic carbocycles. The lowest BCUT2D eigenvalue weighted by atomic mass is 10.1. The molecule has 4 nitrogen and oxygen atoms in total. The van der Waals surface area contributed by atoms with Crippen LogP contribution in [0.2, 0.25) is 0 Å². The van der Waals surface area contributed by atoms with E-state index in [1.54, 1.807) is 29.3 Å². The van der Waals surface area contributed by atoms with Crippen molar-refractivity contribution >= 4 is 27.2 Å². The molecule has 0 saturated heterocycles. The van der Waals surface area contributed by atoms with Gasteiger partial charge in [-0.2, -0.15) is 5.10 Å². The van der Waals surface area contributed by atoms with Gasteiger partial charge < -0.3 is 10.5 Å². The fraction of sp³-hybridized carbons (Fsp3) is 0.154. The minimum Gasteiger partial charge on any atom is -0.495 e. The van der Waals surface area contributed by atoms with Crippen molar-refractivity contribution in [2.24, 2.45) is 7.05 Å². The highest BCUT2D eigenvalue weighted by Gasteiger charge is 2.15. The van der Waals surface area contributed by atoms with E-state index in [2.05, 4.69) is 22.6 Å². The van der Waals surface area contributed by atoms with Crippen molar-refractivity contribution in [1.29, 1.82) is 0 Å². The lowest BCUT2D eigenvalue weighted by molar-refractivity contribution is 0.421. The first-order valence-electron chi connectivity index (χ1n) is 5.54. The summed E-state index contributed by atoms with van der Waals surface area (Å²) in [7, 11) is 3.51. The normalized spacial score (nSPS) is 11.0. The topological polar surface area (TPSA) is 53.1 Å². The quantitative estimate of drug-likeness (QED) is 0.770. The standard InChI is InChI=1S/C13H13N3OS/c1-16-13(14)10(7-15-16)8-3-4-11-9(5-6-18-11)12(8)17-2/h3-7H,14H2,1-2H3. The highest BCUT2D eigenvalue weighted by molar-refractivity contribution is 7.17. The first kappa shape index (κ1) is 11.1. The minimum absolute atomic E-state index is 0.642. The second-order valence-corrected chi connectivity index (χ2v) is 4.99. The lowest BCUT2D eigenvalue weighted by Crippen LogP contribution is -1.98. The molecule has 0 unspecified atom stereocenters. The Morgan fingerprint density at radius 3 is 2.78 bits per heavy atom. The number of nitrogen functional groups attached to an aromatic ring is 1. The van der Waals surface area contributed by atoms with Crippen molar-refractivity contribution in [3.05, 3.63) is 29.8 Å². The summed E-state index contributed by atoms with van der Waals surface area (Å²) in [6, 6.07) is 6.18. The van der Waals surface area contributed by atoms with E-state index < -0.39 is 0 Å². The highest BCUT2D eigenvalue weighted by Crippen LogP contribution is 2.40. The first-order valence-corrected chi connectivity index (χ1v) is 6.42. The number of methoxy groups -OCH3 is 1. The monoisotopic (exact) mass is 259 g/mol. The molecule has 0 spiro atoms. The Kier molecular flexibility index (Phi) is 2.48. The summed E-state index contributed by atoms with van der Waals surface area (Å²) >= 11 is 1.70. The smallest absolute Gasteiger partial charge is 0.135 e. The number of hydrogen-bond acceptors (Lipinski definition) is 4. The van der Waals surface area contributed by atoms with E-state index in [1.165, 1.54) is 4.70 Å². The molecular weight excluding hydrogens is 246 g/mol. The Bertz CT molecular complexity index is 714. The number of fused-ring (bicyclic) bond motifs is 1. The zero-order valence-electron chi connectivity index (χ0n) is 10.2. The van der Waals surface area contributed by atoms with Gasteiger partial charge in [-0.25, -0.2) is 0 Å². The number of ether oxygens (including phenoxy) is 1. The summed E-state index contributed by atoms with van der Waals surface area (Å²) in [5.74, 6) is 1.50. The number of thiophene rings is 1. The van der Waals surface area contributed by atoms with Gasteiger partial charge in [0, 0.05) is 28.3 Å². The molecule has 18 heavy (non-hydrogen) atoms. The number of hydrogen-bond donors (Lipinski definition) is 1. The van der Waals surface area contributed by atoms with Crippen LogP contribution < -0.4 is 10.5 Å². The van der Waals surface area contributed by atoms with Gasteiger partial charge in [-0.15, -0.1) is 11.3 Å². The van der Waals surface area contributed by atoms with Crippen LogP contribution in [0, 0.1) is 0 Å². The zero-order chi connectivity index (χ0) is 12.7. The fourth-order valence-electron chi connectivity index (χ4n) is 2.10. The molecule has 0 bridgehead atoms. The maximum absolute atomic E-state index is 6.03. The van der Waals surface area contributed by atoms with Crippen LogP contribution in [0.3, 0.4) is 0 Å². The summed E-state index contributed by atoms with van der Waals surface area (Å²) in [5.41, 5.74) is 7.91. The summed E-state index contributed by atoms with van der Waals surface area (Å²) < 4.78 is 8.42. The fourth-order valence-corrected chi connectivity index (χ4v) is 2.89. The second-order valence-electron chi connectivity index (χ2n) is 4.05. The van der Waals surface area contributed by atoms with Gasteiger partial charge in [-0.3, -0.25) is 4.68 Å². The van der Waals surface area contributed by atoms with E-state index in [-0.39, 0.29) is 0 Å². The third-order valence-corrected chi connectivity index (χ3v) is 3.95. The molecule has 0 fully saturated rings. The summed E-state index contributed by atoms with van der Waals surface area (Å²) in [5, 5.41) is 7.35. The minimum atomic E-state index is 0.642. The predicted octanol–water partition coefficient (Wildman–Crippen LogP) is 2.89. The molecule has 0 aliphatic rings. The van der Waals surface area contributed by atoms with Crippen LogP contribution in [0.4, 0.5) is 5.82 Å². The first-order chi connectivity index (χ1) is 8.72. The number of nitrogens with two attached hydrogens (primary N) is 1. The van der Waals surface area contributed by atoms with Crippen molar-refractivity contribution in [1.82, 2.24) is 9.78 Å². The number of nitrogens with zero attached hydrogens (tertiary/aromatic N) is 2. The predicted molar refractivity (Wildman–Crippen MR) is 75.0 cm³/mol. The second kappa shape index (κ2) is 4.03. The SMILES string of the molecule is COc1c(-c2cnn(C)c2N)ccc2sccc12. The zero-order valence-corrected chi connectivity index (χ0v) is 11.0. The van der Waals surface area contributed by atoms with E-state index in [1.807, 2.05) is 13.1 Å². The van der Waals surface area contributed by atoms with Gasteiger partial charge in [-0.05, 0) is 23.6 Å². The van der Waals surface area contributed by atoms with Gasteiger partial charge in [-0.1, -0.05) is 0 Å². The Labute approximate surface area is 109 Å². The van der Waals surface area contributed by atoms with E-state index >= 15 is 0 Å². The molecule has 0 atom stereocenters. The molecule has 0 saturated carbocycles. The molecule has 92 valence electrons. The average molecular weight is 259 g/mol. The molecule has 3 aromatic rings. The van der Waals surface area contributed by atoms with Crippen LogP contribution >= 0.6 is 11.3 Å². The van der Waals surface area contributed by atoms with E-state index in [4.69, 9.17) is 10.5 Å². The van der Waals surface area contributed by atoms with Gasteiger partial charge in [0.05, 0.1) is 13.3 Å². The van der Waals surface area contributed by atoms with E-state index in [9.17, 15) is 0 Å². The van der Waals surface area contributed by atoms with Crippen molar-refractivity contribution < 1.29 is 4.74 Å². The molecule has 3 rings (SSSR count). The van der Waals surface area contributed by atoms with Crippen molar-refractivity contribution in [3.8, 4) is 16.9 Å². The third-order valence-electron chi connectivity index (χ3n) is 3.06. The van der Waals surface area contributed by atoms with Gasteiger partial charge >= 0.3 is 0 Å². The van der Waals surface area contributed by atoms with Crippen LogP contribution in [0.1, 0.15) is 0 Å². The van der Waals surface area contributed by atoms with Crippen LogP contribution in [0.5, 0.6) is 5.75 Å². The van der Waals surface area contributed by atoms with Crippen LogP contribution in [-0.4, -0.2) is 16.9 Å². The molecule has 5 heteroatoms. The van der Waals surface area contributed by atoms with Crippen molar-refractivity contribution in [2.45, 2.75) is 0 Å². The number of rotatable bonds is 2. The van der Waals surface area contributed by atoms with Gasteiger partial charge in [0.15, 0.2) is 0 Å². The molecule has 2 heterocycles. The largest absolute Gasteiger partial charge is 0.495 e. The van der Waals surface area contributed by atoms with Gasteiger partial charge in [0.2, 0.25) is 0 Å². The lowest BCUT2D eigenvalue weighted by Gasteiger charge is -2.09. The Hall–Kier alpha value is -2.01. The van der Waals surface area contributed by atoms with Crippen molar-refractivity contribution in [3.63, 3.8) is 0 Å². The number of aromatic nitrogens is 2. The molecular formula is C13H13N3OS. The van der Waals surface area contributed by atoms with Crippen molar-refractivity contribution in [2.75, 3.05) is 12.8 Å². The van der Waals surface area contributed by atoms with Crippen LogP contribution in [0.25, 0.3) is 21.2 Å². The van der Waals surface area contributed by atoms with Crippen LogP contribution in [-0.2, 0) is 7.05 Å². The van der Waals surface area contributed by atoms with Gasteiger partial charge in [0.25, 0.3) is 0 Å². The molecule has 2 N–H and O–H groups in total. The molecule has 1 aromatic carbocycles. The molecule has 0 aliphatic heterocycles. The molecule has 2 aromatic heterocycles. The van der Waals surface area contributed by atoms with Crippen LogP contribution in [0.15, 0.2) is 29.8 Å². The maximum Gasteiger partial charge on any atom is 0.135 e. The Morgan fingerprint density at radius 1 is 1.28 bits per heavy atom. The molecule has 0 amide bonds. The highest BCUT2D eigenvalue weighted by atomic mass is 32.1. The number of anilines is 1. The third kappa shape index (κ3) is 1.48. The van der Waals surface area contributed by atoms with E-state index in [0.717, 1.165) is 22.3 Å². The Morgan fingerprint density at radius 2 is 2.11 bits per heavy atom. The average Bonchev–Trinajstić information content (AvgIpc) is 2.97. The number of aryl methyl sites for hydroxylation is 1. The maximum atomic E-state index is 6.03. The van der Waals surface area contributed by atoms with E-state index in [0.29, 0.717) is 5.82 Å². The number of benzene rings is 1. The summed E-state index contributed by atoms with van der Waals surface area (Å²) in [4.78, 5) is 0. The summed E-state index contributed by atoms with van der Waals surface area (Å²) in [6.07, 6.45) is 1.77. The molecule has 0 radical (unpaired) electrons. The Balaban J connectivity index is 2.31. The van der Waals surface area contributed by atoms with Gasteiger partial charge in [0.1, 0.15) is 11.6 Å².